The highest BCUT2D eigenvalue weighted by molar-refractivity contribution is 5.85. The fraction of sp³-hybridized carbons (Fsp3) is 0.462. The summed E-state index contributed by atoms with van der Waals surface area (Å²) in [6.07, 6.45) is -0.857. The van der Waals surface area contributed by atoms with E-state index < -0.39 is 23.0 Å². The van der Waals surface area contributed by atoms with Gasteiger partial charge in [-0.25, -0.2) is 0 Å². The zero-order valence-electron chi connectivity index (χ0n) is 11.6. The lowest BCUT2D eigenvalue weighted by molar-refractivity contribution is -0.384. The normalized spacial score (nSPS) is 12.9. The minimum Gasteiger partial charge on any atom is -0.466 e. The van der Waals surface area contributed by atoms with Gasteiger partial charge in [0.05, 0.1) is 24.1 Å². The van der Waals surface area contributed by atoms with Gasteiger partial charge in [-0.15, -0.1) is 12.4 Å². The number of ether oxygens (including phenoxy) is 1. The van der Waals surface area contributed by atoms with Crippen molar-refractivity contribution in [3.05, 3.63) is 39.9 Å². The molecule has 2 atom stereocenters. The molecule has 118 valence electrons. The van der Waals surface area contributed by atoms with Gasteiger partial charge in [-0.2, -0.15) is 0 Å². The SMILES string of the molecule is CCOC(=O)C[C@H](O)[C@@H](N)Cc1ccc([N+](=O)[O-])cc1.Cl. The van der Waals surface area contributed by atoms with Crippen molar-refractivity contribution in [2.24, 2.45) is 5.73 Å². The lowest BCUT2D eigenvalue weighted by atomic mass is 10.00. The molecule has 1 rings (SSSR count). The van der Waals surface area contributed by atoms with Gasteiger partial charge in [0, 0.05) is 18.2 Å². The maximum Gasteiger partial charge on any atom is 0.308 e. The van der Waals surface area contributed by atoms with E-state index in [2.05, 4.69) is 0 Å². The number of aliphatic hydroxyl groups is 1. The standard InChI is InChI=1S/C13H18N2O5.ClH/c1-2-20-13(17)8-12(16)11(14)7-9-3-5-10(6-4-9)15(18)19;/h3-6,11-12,16H,2,7-8,14H2,1H3;1H/t11-,12-;/m0./s1. The van der Waals surface area contributed by atoms with E-state index in [1.165, 1.54) is 12.1 Å². The second-order valence-electron chi connectivity index (χ2n) is 4.37. The van der Waals surface area contributed by atoms with Gasteiger partial charge in [-0.3, -0.25) is 14.9 Å². The summed E-state index contributed by atoms with van der Waals surface area (Å²) in [5.41, 5.74) is 6.55. The van der Waals surface area contributed by atoms with E-state index in [-0.39, 0.29) is 31.1 Å². The quantitative estimate of drug-likeness (QED) is 0.443. The second-order valence-corrected chi connectivity index (χ2v) is 4.37. The van der Waals surface area contributed by atoms with Crippen LogP contribution in [0.3, 0.4) is 0 Å². The van der Waals surface area contributed by atoms with Crippen LogP contribution >= 0.6 is 12.4 Å². The number of rotatable bonds is 7. The van der Waals surface area contributed by atoms with Gasteiger partial charge in [0.2, 0.25) is 0 Å². The molecule has 0 unspecified atom stereocenters. The Morgan fingerprint density at radius 3 is 2.48 bits per heavy atom. The number of halogens is 1. The van der Waals surface area contributed by atoms with Crippen LogP contribution in [0.1, 0.15) is 18.9 Å². The molecule has 8 heteroatoms. The van der Waals surface area contributed by atoms with E-state index in [0.717, 1.165) is 5.56 Å². The fourth-order valence-electron chi connectivity index (χ4n) is 1.70. The Morgan fingerprint density at radius 1 is 1.43 bits per heavy atom. The molecule has 0 aliphatic rings. The first kappa shape index (κ1) is 19.3. The molecule has 0 heterocycles. The summed E-state index contributed by atoms with van der Waals surface area (Å²) in [5, 5.41) is 20.3. The number of aliphatic hydroxyl groups excluding tert-OH is 1. The van der Waals surface area contributed by atoms with E-state index in [1.54, 1.807) is 19.1 Å². The molecule has 0 amide bonds. The average Bonchev–Trinajstić information content (AvgIpc) is 2.39. The average molecular weight is 319 g/mol. The number of carbonyl (C=O) groups excluding carboxylic acids is 1. The number of nitro groups is 1. The predicted octanol–water partition coefficient (Wildman–Crippen LogP) is 1.20. The summed E-state index contributed by atoms with van der Waals surface area (Å²) >= 11 is 0. The van der Waals surface area contributed by atoms with Gasteiger partial charge in [-0.1, -0.05) is 12.1 Å². The summed E-state index contributed by atoms with van der Waals surface area (Å²) in [4.78, 5) is 21.2. The highest BCUT2D eigenvalue weighted by Crippen LogP contribution is 2.14. The molecule has 1 aromatic carbocycles. The Morgan fingerprint density at radius 2 is 2.00 bits per heavy atom. The van der Waals surface area contributed by atoms with Crippen LogP contribution in [-0.4, -0.2) is 34.8 Å². The lowest BCUT2D eigenvalue weighted by Crippen LogP contribution is -2.38. The van der Waals surface area contributed by atoms with Crippen LogP contribution in [-0.2, 0) is 16.0 Å². The molecule has 1 aromatic rings. The number of benzene rings is 1. The third-order valence-corrected chi connectivity index (χ3v) is 2.79. The zero-order chi connectivity index (χ0) is 15.1. The molecular weight excluding hydrogens is 300 g/mol. The third kappa shape index (κ3) is 6.52. The number of non-ortho nitro benzene ring substituents is 1. The number of nitro benzene ring substituents is 1. The molecule has 21 heavy (non-hydrogen) atoms. The van der Waals surface area contributed by atoms with Crippen LogP contribution < -0.4 is 5.73 Å². The number of carbonyl (C=O) groups is 1. The molecule has 0 saturated heterocycles. The van der Waals surface area contributed by atoms with E-state index >= 15 is 0 Å². The maximum absolute atomic E-state index is 11.2. The van der Waals surface area contributed by atoms with Crippen LogP contribution in [0.15, 0.2) is 24.3 Å². The number of hydrogen-bond donors (Lipinski definition) is 2. The van der Waals surface area contributed by atoms with Crippen molar-refractivity contribution in [3.63, 3.8) is 0 Å². The topological polar surface area (TPSA) is 116 Å². The minimum atomic E-state index is -1.01. The van der Waals surface area contributed by atoms with Gasteiger partial charge >= 0.3 is 5.97 Å². The number of nitrogens with zero attached hydrogens (tertiary/aromatic N) is 1. The van der Waals surface area contributed by atoms with Crippen LogP contribution in [0.5, 0.6) is 0 Å². The molecular formula is C13H19ClN2O5. The van der Waals surface area contributed by atoms with Crippen molar-refractivity contribution in [1.82, 2.24) is 0 Å². The highest BCUT2D eigenvalue weighted by Gasteiger charge is 2.19. The molecule has 0 bridgehead atoms. The number of nitrogens with two attached hydrogens (primary N) is 1. The highest BCUT2D eigenvalue weighted by atomic mass is 35.5. The van der Waals surface area contributed by atoms with Gasteiger partial charge in [0.15, 0.2) is 0 Å². The predicted molar refractivity (Wildman–Crippen MR) is 79.3 cm³/mol. The van der Waals surface area contributed by atoms with Crippen molar-refractivity contribution >= 4 is 24.1 Å². The zero-order valence-corrected chi connectivity index (χ0v) is 12.4. The molecule has 0 aliphatic heterocycles. The number of esters is 1. The smallest absolute Gasteiger partial charge is 0.308 e. The van der Waals surface area contributed by atoms with Gasteiger partial charge in [0.25, 0.3) is 5.69 Å². The molecule has 0 aromatic heterocycles. The lowest BCUT2D eigenvalue weighted by Gasteiger charge is -2.18. The molecule has 3 N–H and O–H groups in total. The van der Waals surface area contributed by atoms with Gasteiger partial charge < -0.3 is 15.6 Å². The second kappa shape index (κ2) is 9.28. The Kier molecular flexibility index (Phi) is 8.52. The molecule has 0 saturated carbocycles. The van der Waals surface area contributed by atoms with Crippen molar-refractivity contribution in [2.45, 2.75) is 31.9 Å². The van der Waals surface area contributed by atoms with E-state index in [0.29, 0.717) is 6.42 Å². The first-order valence-electron chi connectivity index (χ1n) is 6.26. The van der Waals surface area contributed by atoms with Gasteiger partial charge in [0.1, 0.15) is 0 Å². The van der Waals surface area contributed by atoms with Crippen LogP contribution in [0.2, 0.25) is 0 Å². The monoisotopic (exact) mass is 318 g/mol. The van der Waals surface area contributed by atoms with E-state index in [9.17, 15) is 20.0 Å². The maximum atomic E-state index is 11.2. The van der Waals surface area contributed by atoms with E-state index in [1.807, 2.05) is 0 Å². The van der Waals surface area contributed by atoms with Gasteiger partial charge in [-0.05, 0) is 18.9 Å². The van der Waals surface area contributed by atoms with Crippen molar-refractivity contribution in [2.75, 3.05) is 6.61 Å². The van der Waals surface area contributed by atoms with Crippen LogP contribution in [0.25, 0.3) is 0 Å². The Bertz CT molecular complexity index is 466. The summed E-state index contributed by atoms with van der Waals surface area (Å²) < 4.78 is 4.73. The van der Waals surface area contributed by atoms with Crippen LogP contribution in [0.4, 0.5) is 5.69 Å². The summed E-state index contributed by atoms with van der Waals surface area (Å²) in [7, 11) is 0. The molecule has 0 spiro atoms. The number of hydrogen-bond acceptors (Lipinski definition) is 6. The summed E-state index contributed by atoms with van der Waals surface area (Å²) in [6.45, 7) is 1.93. The first-order chi connectivity index (χ1) is 9.43. The van der Waals surface area contributed by atoms with Crippen molar-refractivity contribution in [3.8, 4) is 0 Å². The Labute approximate surface area is 128 Å². The Balaban J connectivity index is 0.00000400. The van der Waals surface area contributed by atoms with Crippen LogP contribution in [0, 0.1) is 10.1 Å². The molecule has 7 nitrogen and oxygen atoms in total. The largest absolute Gasteiger partial charge is 0.466 e. The van der Waals surface area contributed by atoms with Crippen molar-refractivity contribution < 1.29 is 19.6 Å². The molecule has 0 radical (unpaired) electrons. The molecule has 0 fully saturated rings. The molecule has 0 aliphatic carbocycles. The van der Waals surface area contributed by atoms with Crippen molar-refractivity contribution in [1.29, 1.82) is 0 Å². The third-order valence-electron chi connectivity index (χ3n) is 2.79. The van der Waals surface area contributed by atoms with E-state index in [4.69, 9.17) is 10.5 Å². The minimum absolute atomic E-state index is 0. The summed E-state index contributed by atoms with van der Waals surface area (Å²) in [5.74, 6) is -0.501. The first-order valence-corrected chi connectivity index (χ1v) is 6.26. The summed E-state index contributed by atoms with van der Waals surface area (Å²) in [6, 6.07) is 5.27. The fourth-order valence-corrected chi connectivity index (χ4v) is 1.70. The Hall–Kier alpha value is -1.70.